The van der Waals surface area contributed by atoms with E-state index in [1.165, 1.54) is 37.4 Å². The van der Waals surface area contributed by atoms with Gasteiger partial charge in [-0.3, -0.25) is 14.5 Å². The van der Waals surface area contributed by atoms with E-state index in [0.29, 0.717) is 5.56 Å². The van der Waals surface area contributed by atoms with Crippen molar-refractivity contribution in [1.29, 1.82) is 0 Å². The summed E-state index contributed by atoms with van der Waals surface area (Å²) >= 11 is 1.34. The van der Waals surface area contributed by atoms with Gasteiger partial charge in [0.2, 0.25) is 5.91 Å². The Balaban J connectivity index is 1.61. The topological polar surface area (TPSA) is 66.6 Å². The minimum atomic E-state index is -0.368. The number of nitrogens with two attached hydrogens (primary N) is 1. The first kappa shape index (κ1) is 17.3. The van der Waals surface area contributed by atoms with Gasteiger partial charge in [-0.25, -0.2) is 0 Å². The SMILES string of the molecule is NC(=O)CSc1ccccc1C(=O)N1CCN(C2CCCC2)CC1. The van der Waals surface area contributed by atoms with Gasteiger partial charge in [0.25, 0.3) is 5.91 Å². The fourth-order valence-electron chi connectivity index (χ4n) is 3.65. The Morgan fingerprint density at radius 2 is 1.75 bits per heavy atom. The Kier molecular flexibility index (Phi) is 5.79. The molecule has 0 spiro atoms. The number of benzene rings is 1. The van der Waals surface area contributed by atoms with Gasteiger partial charge in [-0.05, 0) is 25.0 Å². The zero-order valence-corrected chi connectivity index (χ0v) is 14.8. The van der Waals surface area contributed by atoms with Crippen molar-refractivity contribution >= 4 is 23.6 Å². The molecule has 130 valence electrons. The molecule has 5 nitrogen and oxygen atoms in total. The maximum atomic E-state index is 12.9. The summed E-state index contributed by atoms with van der Waals surface area (Å²) in [6, 6.07) is 8.21. The fraction of sp³-hybridized carbons (Fsp3) is 0.556. The summed E-state index contributed by atoms with van der Waals surface area (Å²) in [7, 11) is 0. The van der Waals surface area contributed by atoms with E-state index >= 15 is 0 Å². The number of rotatable bonds is 5. The van der Waals surface area contributed by atoms with E-state index in [4.69, 9.17) is 5.73 Å². The van der Waals surface area contributed by atoms with Crippen molar-refractivity contribution in [2.75, 3.05) is 31.9 Å². The third kappa shape index (κ3) is 4.11. The Hall–Kier alpha value is -1.53. The quantitative estimate of drug-likeness (QED) is 0.827. The molecule has 2 N–H and O–H groups in total. The largest absolute Gasteiger partial charge is 0.369 e. The molecule has 3 rings (SSSR count). The van der Waals surface area contributed by atoms with Crippen LogP contribution in [0.15, 0.2) is 29.2 Å². The summed E-state index contributed by atoms with van der Waals surface area (Å²) in [6.07, 6.45) is 5.30. The summed E-state index contributed by atoms with van der Waals surface area (Å²) in [5.41, 5.74) is 5.90. The van der Waals surface area contributed by atoms with Gasteiger partial charge in [-0.1, -0.05) is 25.0 Å². The van der Waals surface area contributed by atoms with Gasteiger partial charge in [0.1, 0.15) is 0 Å². The van der Waals surface area contributed by atoms with E-state index in [1.54, 1.807) is 0 Å². The summed E-state index contributed by atoms with van der Waals surface area (Å²) in [6.45, 7) is 3.49. The van der Waals surface area contributed by atoms with Crippen molar-refractivity contribution in [2.45, 2.75) is 36.6 Å². The molecule has 1 saturated heterocycles. The molecular weight excluding hydrogens is 322 g/mol. The van der Waals surface area contributed by atoms with Crippen molar-refractivity contribution in [3.05, 3.63) is 29.8 Å². The molecule has 0 aromatic heterocycles. The Morgan fingerprint density at radius 3 is 2.42 bits per heavy atom. The molecule has 1 aromatic carbocycles. The lowest BCUT2D eigenvalue weighted by molar-refractivity contribution is -0.115. The van der Waals surface area contributed by atoms with Gasteiger partial charge in [0.15, 0.2) is 0 Å². The van der Waals surface area contributed by atoms with Crippen molar-refractivity contribution in [1.82, 2.24) is 9.80 Å². The molecule has 2 aliphatic rings. The summed E-state index contributed by atoms with van der Waals surface area (Å²) < 4.78 is 0. The van der Waals surface area contributed by atoms with Crippen molar-refractivity contribution < 1.29 is 9.59 Å². The molecule has 1 heterocycles. The Bertz CT molecular complexity index is 594. The van der Waals surface area contributed by atoms with Crippen LogP contribution in [0.3, 0.4) is 0 Å². The van der Waals surface area contributed by atoms with Gasteiger partial charge in [0, 0.05) is 37.1 Å². The van der Waals surface area contributed by atoms with E-state index in [-0.39, 0.29) is 17.6 Å². The number of piperazine rings is 1. The summed E-state index contributed by atoms with van der Waals surface area (Å²) in [5.74, 6) is -0.110. The van der Waals surface area contributed by atoms with Crippen LogP contribution in [-0.4, -0.2) is 59.6 Å². The molecule has 0 bridgehead atoms. The van der Waals surface area contributed by atoms with Crippen LogP contribution >= 0.6 is 11.8 Å². The normalized spacial score (nSPS) is 19.6. The third-order valence-corrected chi connectivity index (χ3v) is 6.03. The zero-order valence-electron chi connectivity index (χ0n) is 13.9. The molecule has 1 aromatic rings. The van der Waals surface area contributed by atoms with Crippen LogP contribution in [0.25, 0.3) is 0 Å². The lowest BCUT2D eigenvalue weighted by Crippen LogP contribution is -2.51. The highest BCUT2D eigenvalue weighted by Gasteiger charge is 2.28. The van der Waals surface area contributed by atoms with Crippen LogP contribution < -0.4 is 5.73 Å². The zero-order chi connectivity index (χ0) is 16.9. The molecule has 0 radical (unpaired) electrons. The standard InChI is InChI=1S/C18H25N3O2S/c19-17(22)13-24-16-8-4-3-7-15(16)18(23)21-11-9-20(10-12-21)14-5-1-2-6-14/h3-4,7-8,14H,1-2,5-6,9-13H2,(H2,19,22). The summed E-state index contributed by atoms with van der Waals surface area (Å²) in [4.78, 5) is 29.2. The lowest BCUT2D eigenvalue weighted by Gasteiger charge is -2.38. The first-order valence-electron chi connectivity index (χ1n) is 8.68. The van der Waals surface area contributed by atoms with Crippen molar-refractivity contribution in [2.24, 2.45) is 5.73 Å². The number of amides is 2. The molecule has 6 heteroatoms. The molecule has 0 unspecified atom stereocenters. The number of nitrogens with zero attached hydrogens (tertiary/aromatic N) is 2. The molecule has 0 atom stereocenters. The molecule has 24 heavy (non-hydrogen) atoms. The van der Waals surface area contributed by atoms with Crippen LogP contribution in [0.4, 0.5) is 0 Å². The van der Waals surface area contributed by atoms with E-state index < -0.39 is 0 Å². The smallest absolute Gasteiger partial charge is 0.255 e. The minimum absolute atomic E-state index is 0.0636. The van der Waals surface area contributed by atoms with Crippen molar-refractivity contribution in [3.8, 4) is 0 Å². The Labute approximate surface area is 147 Å². The van der Waals surface area contributed by atoms with E-state index in [2.05, 4.69) is 4.90 Å². The second-order valence-corrected chi connectivity index (χ2v) is 7.53. The molecule has 1 saturated carbocycles. The second kappa shape index (κ2) is 8.03. The van der Waals surface area contributed by atoms with Crippen LogP contribution in [0, 0.1) is 0 Å². The highest BCUT2D eigenvalue weighted by Crippen LogP contribution is 2.26. The van der Waals surface area contributed by atoms with Crippen LogP contribution in [0.2, 0.25) is 0 Å². The van der Waals surface area contributed by atoms with Gasteiger partial charge in [-0.15, -0.1) is 11.8 Å². The third-order valence-electron chi connectivity index (χ3n) is 4.93. The average Bonchev–Trinajstić information content (AvgIpc) is 3.14. The number of carbonyl (C=O) groups excluding carboxylic acids is 2. The number of thioether (sulfide) groups is 1. The molecule has 1 aliphatic heterocycles. The van der Waals surface area contributed by atoms with Crippen LogP contribution in [0.1, 0.15) is 36.0 Å². The van der Waals surface area contributed by atoms with E-state index in [0.717, 1.165) is 37.1 Å². The first-order chi connectivity index (χ1) is 11.6. The molecule has 1 aliphatic carbocycles. The predicted octanol–water partition coefficient (Wildman–Crippen LogP) is 1.96. The van der Waals surface area contributed by atoms with Gasteiger partial charge >= 0.3 is 0 Å². The maximum absolute atomic E-state index is 12.9. The fourth-order valence-corrected chi connectivity index (χ4v) is 4.43. The van der Waals surface area contributed by atoms with E-state index in [1.807, 2.05) is 29.2 Å². The van der Waals surface area contributed by atoms with Crippen molar-refractivity contribution in [3.63, 3.8) is 0 Å². The first-order valence-corrected chi connectivity index (χ1v) is 9.67. The van der Waals surface area contributed by atoms with E-state index in [9.17, 15) is 9.59 Å². The predicted molar refractivity (Wildman–Crippen MR) is 96.1 cm³/mol. The van der Waals surface area contributed by atoms with Gasteiger partial charge < -0.3 is 10.6 Å². The molecule has 2 fully saturated rings. The maximum Gasteiger partial charge on any atom is 0.255 e. The molecular formula is C18H25N3O2S. The minimum Gasteiger partial charge on any atom is -0.369 e. The van der Waals surface area contributed by atoms with Crippen LogP contribution in [-0.2, 0) is 4.79 Å². The number of hydrogen-bond donors (Lipinski definition) is 1. The highest BCUT2D eigenvalue weighted by molar-refractivity contribution is 8.00. The summed E-state index contributed by atoms with van der Waals surface area (Å²) in [5, 5.41) is 0. The van der Waals surface area contributed by atoms with Gasteiger partial charge in [-0.2, -0.15) is 0 Å². The number of primary amides is 1. The lowest BCUT2D eigenvalue weighted by atomic mass is 10.1. The number of carbonyl (C=O) groups is 2. The molecule has 2 amide bonds. The highest BCUT2D eigenvalue weighted by atomic mass is 32.2. The van der Waals surface area contributed by atoms with Gasteiger partial charge in [0.05, 0.1) is 11.3 Å². The average molecular weight is 347 g/mol. The number of hydrogen-bond acceptors (Lipinski definition) is 4. The second-order valence-electron chi connectivity index (χ2n) is 6.52. The van der Waals surface area contributed by atoms with Crippen LogP contribution in [0.5, 0.6) is 0 Å². The monoisotopic (exact) mass is 347 g/mol. The Morgan fingerprint density at radius 1 is 1.08 bits per heavy atom.